The number of benzene rings is 6. The van der Waals surface area contributed by atoms with Gasteiger partial charge in [-0.15, -0.1) is 0 Å². The monoisotopic (exact) mass is 683 g/mol. The Hall–Kier alpha value is -6.42. The van der Waals surface area contributed by atoms with Crippen LogP contribution in [0.15, 0.2) is 121 Å². The van der Waals surface area contributed by atoms with Crippen molar-refractivity contribution in [2.45, 2.75) is 25.3 Å². The molecule has 258 valence electrons. The molecule has 0 saturated heterocycles. The molecule has 0 fully saturated rings. The summed E-state index contributed by atoms with van der Waals surface area (Å²) in [5.74, 6) is -1.79. The Morgan fingerprint density at radius 2 is 1.31 bits per heavy atom. The second-order valence-corrected chi connectivity index (χ2v) is 12.1. The molecular formula is C41H37N3O7. The molecule has 0 aromatic heterocycles. The number of hydrogen-bond donors (Lipinski definition) is 3. The van der Waals surface area contributed by atoms with Crippen LogP contribution in [0.5, 0.6) is 5.75 Å². The maximum atomic E-state index is 13.5. The molecule has 0 bridgehead atoms. The van der Waals surface area contributed by atoms with Crippen LogP contribution in [0.1, 0.15) is 34.3 Å². The van der Waals surface area contributed by atoms with Crippen molar-refractivity contribution in [3.63, 3.8) is 0 Å². The molecule has 10 nitrogen and oxygen atoms in total. The van der Waals surface area contributed by atoms with Crippen LogP contribution in [0.4, 0.5) is 4.79 Å². The van der Waals surface area contributed by atoms with Crippen LogP contribution in [-0.2, 0) is 25.6 Å². The number of methoxy groups -OCH3 is 1. The fraction of sp³-hybridized carbons (Fsp3) is 0.171. The van der Waals surface area contributed by atoms with Crippen LogP contribution in [-0.4, -0.2) is 50.2 Å². The van der Waals surface area contributed by atoms with Crippen molar-refractivity contribution in [2.24, 2.45) is 0 Å². The minimum Gasteiger partial charge on any atom is -0.497 e. The second-order valence-electron chi connectivity index (χ2n) is 12.1. The van der Waals surface area contributed by atoms with E-state index in [4.69, 9.17) is 14.3 Å². The Balaban J connectivity index is 1.12. The van der Waals surface area contributed by atoms with Crippen molar-refractivity contribution in [1.82, 2.24) is 16.1 Å². The number of hydroxylamine groups is 1. The fourth-order valence-corrected chi connectivity index (χ4v) is 6.16. The second kappa shape index (κ2) is 15.9. The highest BCUT2D eigenvalue weighted by Crippen LogP contribution is 2.34. The van der Waals surface area contributed by atoms with Gasteiger partial charge in [0.1, 0.15) is 11.8 Å². The van der Waals surface area contributed by atoms with E-state index in [1.54, 1.807) is 12.1 Å². The largest absolute Gasteiger partial charge is 0.497 e. The first-order valence-electron chi connectivity index (χ1n) is 16.5. The molecule has 0 aliphatic carbocycles. The predicted octanol–water partition coefficient (Wildman–Crippen LogP) is 6.60. The lowest BCUT2D eigenvalue weighted by Gasteiger charge is -2.21. The van der Waals surface area contributed by atoms with Gasteiger partial charge in [-0.1, -0.05) is 97.9 Å². The summed E-state index contributed by atoms with van der Waals surface area (Å²) in [6, 6.07) is 36.9. The molecule has 0 radical (unpaired) electrons. The third-order valence-electron chi connectivity index (χ3n) is 8.69. The van der Waals surface area contributed by atoms with Gasteiger partial charge in [0, 0.05) is 12.3 Å². The molecule has 0 heterocycles. The summed E-state index contributed by atoms with van der Waals surface area (Å²) in [6.45, 7) is 1.55. The van der Waals surface area contributed by atoms with Gasteiger partial charge in [-0.25, -0.2) is 9.59 Å². The summed E-state index contributed by atoms with van der Waals surface area (Å²) >= 11 is 0. The molecule has 1 unspecified atom stereocenters. The van der Waals surface area contributed by atoms with Gasteiger partial charge in [0.05, 0.1) is 25.8 Å². The minimum absolute atomic E-state index is 0.0639. The highest BCUT2D eigenvalue weighted by Gasteiger charge is 2.25. The van der Waals surface area contributed by atoms with Crippen LogP contribution in [0.25, 0.3) is 32.3 Å². The zero-order valence-corrected chi connectivity index (χ0v) is 28.2. The number of nitrogens with one attached hydrogen (secondary N) is 3. The fourth-order valence-electron chi connectivity index (χ4n) is 6.16. The van der Waals surface area contributed by atoms with E-state index >= 15 is 0 Å². The van der Waals surface area contributed by atoms with E-state index in [2.05, 4.69) is 41.0 Å². The Kier molecular flexibility index (Phi) is 10.7. The number of rotatable bonds is 11. The molecule has 0 aliphatic rings. The molecule has 6 aromatic rings. The molecule has 51 heavy (non-hydrogen) atoms. The predicted molar refractivity (Wildman–Crippen MR) is 195 cm³/mol. The third-order valence-corrected chi connectivity index (χ3v) is 8.69. The maximum absolute atomic E-state index is 13.5. The lowest BCUT2D eigenvalue weighted by Crippen LogP contribution is -2.50. The van der Waals surface area contributed by atoms with Crippen molar-refractivity contribution in [2.75, 3.05) is 20.3 Å². The van der Waals surface area contributed by atoms with E-state index in [0.717, 1.165) is 43.4 Å². The molecule has 6 rings (SSSR count). The van der Waals surface area contributed by atoms with Gasteiger partial charge in [0.2, 0.25) is 5.91 Å². The number of fused-ring (bicyclic) bond motifs is 3. The highest BCUT2D eigenvalue weighted by atomic mass is 16.7. The minimum atomic E-state index is -1.09. The number of carbonyl (C=O) groups is 4. The van der Waals surface area contributed by atoms with Crippen molar-refractivity contribution < 1.29 is 33.5 Å². The lowest BCUT2D eigenvalue weighted by atomic mass is 9.89. The molecule has 6 aromatic carbocycles. The Morgan fingerprint density at radius 1 is 0.706 bits per heavy atom. The molecule has 10 heteroatoms. The standard InChI is InChI=1S/C41H37N3O7/c1-26(38-34-16-7-4-11-29(34)22-30-12-5-8-17-35(30)38)25-50-41(48)43-36(23-31-14-9-13-27-10-3-6-15-33(27)31)39(46)42-24-37(45)44-51-40(47)28-18-20-32(49-2)21-19-28/h3-22,26,36H,23-25H2,1-2H3,(H,42,46)(H,43,48)(H,44,45)/t26?,36-/m0/s1. The van der Waals surface area contributed by atoms with E-state index in [1.807, 2.05) is 79.1 Å². The van der Waals surface area contributed by atoms with Gasteiger partial charge >= 0.3 is 12.1 Å². The molecule has 3 N–H and O–H groups in total. The number of ether oxygens (including phenoxy) is 2. The average Bonchev–Trinajstić information content (AvgIpc) is 3.17. The summed E-state index contributed by atoms with van der Waals surface area (Å²) in [5.41, 5.74) is 4.13. The Morgan fingerprint density at radius 3 is 1.98 bits per heavy atom. The van der Waals surface area contributed by atoms with E-state index < -0.39 is 36.5 Å². The average molecular weight is 684 g/mol. The van der Waals surface area contributed by atoms with Crippen LogP contribution >= 0.6 is 0 Å². The Bertz CT molecular complexity index is 2160. The smallest absolute Gasteiger partial charge is 0.407 e. The van der Waals surface area contributed by atoms with Crippen LogP contribution in [0.2, 0.25) is 0 Å². The SMILES string of the molecule is COc1ccc(C(=O)ONC(=O)CNC(=O)[C@H](Cc2cccc3ccccc23)NC(=O)OCC(C)c2c3ccccc3cc3ccccc23)cc1. The van der Waals surface area contributed by atoms with E-state index in [0.29, 0.717) is 5.75 Å². The number of amides is 3. The summed E-state index contributed by atoms with van der Waals surface area (Å²) < 4.78 is 10.8. The van der Waals surface area contributed by atoms with E-state index in [9.17, 15) is 19.2 Å². The van der Waals surface area contributed by atoms with Crippen LogP contribution in [0, 0.1) is 0 Å². The van der Waals surface area contributed by atoms with E-state index in [1.165, 1.54) is 19.2 Å². The van der Waals surface area contributed by atoms with Gasteiger partial charge < -0.3 is 24.9 Å². The lowest BCUT2D eigenvalue weighted by molar-refractivity contribution is -0.132. The van der Waals surface area contributed by atoms with Gasteiger partial charge in [0.25, 0.3) is 5.91 Å². The first-order valence-corrected chi connectivity index (χ1v) is 16.5. The highest BCUT2D eigenvalue weighted by molar-refractivity contribution is 6.02. The molecule has 3 amide bonds. The maximum Gasteiger partial charge on any atom is 0.407 e. The molecule has 2 atom stereocenters. The number of alkyl carbamates (subject to hydrolysis) is 1. The quantitative estimate of drug-likeness (QED) is 0.104. The van der Waals surface area contributed by atoms with Crippen molar-refractivity contribution in [3.8, 4) is 5.75 Å². The molecule has 0 spiro atoms. The summed E-state index contributed by atoms with van der Waals surface area (Å²) in [4.78, 5) is 56.6. The van der Waals surface area contributed by atoms with Crippen molar-refractivity contribution >= 4 is 56.2 Å². The third kappa shape index (κ3) is 8.25. The van der Waals surface area contributed by atoms with Gasteiger partial charge in [-0.2, -0.15) is 5.48 Å². The molecular weight excluding hydrogens is 646 g/mol. The van der Waals surface area contributed by atoms with Gasteiger partial charge in [-0.3, -0.25) is 9.59 Å². The van der Waals surface area contributed by atoms with Crippen molar-refractivity contribution in [1.29, 1.82) is 0 Å². The first-order chi connectivity index (χ1) is 24.8. The number of carbonyl (C=O) groups excluding carboxylic acids is 4. The molecule has 0 saturated carbocycles. The Labute approximate surface area is 294 Å². The van der Waals surface area contributed by atoms with Gasteiger partial charge in [-0.05, 0) is 73.8 Å². The summed E-state index contributed by atoms with van der Waals surface area (Å²) in [6.07, 6.45) is -0.649. The summed E-state index contributed by atoms with van der Waals surface area (Å²) in [7, 11) is 1.50. The van der Waals surface area contributed by atoms with Crippen LogP contribution in [0.3, 0.4) is 0 Å². The van der Waals surface area contributed by atoms with Crippen molar-refractivity contribution in [3.05, 3.63) is 138 Å². The zero-order valence-electron chi connectivity index (χ0n) is 28.2. The topological polar surface area (TPSA) is 132 Å². The van der Waals surface area contributed by atoms with Gasteiger partial charge in [0.15, 0.2) is 0 Å². The van der Waals surface area contributed by atoms with E-state index in [-0.39, 0.29) is 24.5 Å². The number of hydrogen-bond acceptors (Lipinski definition) is 7. The van der Waals surface area contributed by atoms with Crippen LogP contribution < -0.4 is 20.9 Å². The first kappa shape index (κ1) is 34.4. The summed E-state index contributed by atoms with van der Waals surface area (Å²) in [5, 5.41) is 11.5. The normalized spacial score (nSPS) is 12.1. The zero-order chi connectivity index (χ0) is 35.7. The molecule has 0 aliphatic heterocycles.